The Hall–Kier alpha value is -0.790. The van der Waals surface area contributed by atoms with Crippen molar-refractivity contribution >= 4 is 5.97 Å². The van der Waals surface area contributed by atoms with Gasteiger partial charge in [0.2, 0.25) is 0 Å². The van der Waals surface area contributed by atoms with E-state index in [1.165, 1.54) is 0 Å². The Kier molecular flexibility index (Phi) is 1.88. The number of carboxylic acid groups (broad SMARTS) is 1. The van der Waals surface area contributed by atoms with Crippen LogP contribution in [0.2, 0.25) is 0 Å². The monoisotopic (exact) mass is 126 g/mol. The topological polar surface area (TPSA) is 37.3 Å². The Morgan fingerprint density at radius 1 is 1.78 bits per heavy atom. The van der Waals surface area contributed by atoms with E-state index < -0.39 is 5.97 Å². The molecule has 50 valence electrons. The number of carboxylic acids is 1. The predicted octanol–water partition coefficient (Wildman–Crippen LogP) is 1.43. The third-order valence-corrected chi connectivity index (χ3v) is 1.55. The molecule has 0 spiro atoms. The van der Waals surface area contributed by atoms with Gasteiger partial charge in [0.25, 0.3) is 0 Å². The molecule has 0 aliphatic heterocycles. The van der Waals surface area contributed by atoms with Crippen LogP contribution in [0.3, 0.4) is 0 Å². The van der Waals surface area contributed by atoms with Gasteiger partial charge in [0.1, 0.15) is 0 Å². The highest BCUT2D eigenvalue weighted by molar-refractivity contribution is 5.67. The number of allylic oxidation sites excluding steroid dienone is 2. The minimum Gasteiger partial charge on any atom is -0.481 e. The number of aliphatic carboxylic acids is 1. The molecule has 1 aliphatic rings. The van der Waals surface area contributed by atoms with Gasteiger partial charge in [0.15, 0.2) is 0 Å². The smallest absolute Gasteiger partial charge is 0.303 e. The van der Waals surface area contributed by atoms with E-state index in [-0.39, 0.29) is 0 Å². The maximum atomic E-state index is 10.1. The summed E-state index contributed by atoms with van der Waals surface area (Å²) < 4.78 is 0. The van der Waals surface area contributed by atoms with Gasteiger partial charge in [-0.15, -0.1) is 0 Å². The lowest BCUT2D eigenvalue weighted by Gasteiger charge is -1.99. The normalized spacial score (nSPS) is 24.7. The summed E-state index contributed by atoms with van der Waals surface area (Å²) in [4.78, 5) is 10.1. The summed E-state index contributed by atoms with van der Waals surface area (Å²) in [5, 5.41) is 8.34. The summed E-state index contributed by atoms with van der Waals surface area (Å²) in [5.74, 6) is -0.381. The van der Waals surface area contributed by atoms with Gasteiger partial charge in [0, 0.05) is 0 Å². The van der Waals surface area contributed by atoms with E-state index in [0.29, 0.717) is 12.3 Å². The van der Waals surface area contributed by atoms with Gasteiger partial charge in [-0.3, -0.25) is 4.79 Å². The maximum absolute atomic E-state index is 10.1. The molecule has 0 fully saturated rings. The zero-order chi connectivity index (χ0) is 6.69. The van der Waals surface area contributed by atoms with Crippen LogP contribution in [0, 0.1) is 5.92 Å². The molecule has 0 saturated heterocycles. The first kappa shape index (κ1) is 6.33. The first-order chi connectivity index (χ1) is 4.29. The first-order valence-electron chi connectivity index (χ1n) is 3.17. The Morgan fingerprint density at radius 2 is 2.56 bits per heavy atom. The van der Waals surface area contributed by atoms with Crippen LogP contribution in [0.4, 0.5) is 0 Å². The predicted molar refractivity (Wildman–Crippen MR) is 34.1 cm³/mol. The van der Waals surface area contributed by atoms with E-state index in [9.17, 15) is 4.79 Å². The summed E-state index contributed by atoms with van der Waals surface area (Å²) in [6.07, 6.45) is 6.42. The van der Waals surface area contributed by atoms with E-state index >= 15 is 0 Å². The number of carbonyl (C=O) groups is 1. The van der Waals surface area contributed by atoms with Crippen LogP contribution in [0.25, 0.3) is 0 Å². The van der Waals surface area contributed by atoms with Gasteiger partial charge in [0.05, 0.1) is 6.42 Å². The number of hydrogen-bond donors (Lipinski definition) is 1. The lowest BCUT2D eigenvalue weighted by molar-refractivity contribution is -0.137. The van der Waals surface area contributed by atoms with E-state index in [2.05, 4.69) is 0 Å². The van der Waals surface area contributed by atoms with Crippen molar-refractivity contribution in [3.8, 4) is 0 Å². The fourth-order valence-corrected chi connectivity index (χ4v) is 1.09. The SMILES string of the molecule is O=C(O)CC1C=CCC1. The fraction of sp³-hybridized carbons (Fsp3) is 0.571. The molecule has 1 aliphatic carbocycles. The van der Waals surface area contributed by atoms with Crippen LogP contribution in [-0.2, 0) is 4.79 Å². The number of hydrogen-bond acceptors (Lipinski definition) is 1. The first-order valence-corrected chi connectivity index (χ1v) is 3.17. The van der Waals surface area contributed by atoms with Crippen molar-refractivity contribution in [2.75, 3.05) is 0 Å². The Labute approximate surface area is 54.2 Å². The van der Waals surface area contributed by atoms with Crippen LogP contribution in [0.15, 0.2) is 12.2 Å². The molecule has 0 bridgehead atoms. The van der Waals surface area contributed by atoms with Gasteiger partial charge in [-0.1, -0.05) is 12.2 Å². The quantitative estimate of drug-likeness (QED) is 0.568. The standard InChI is InChI=1S/C7H10O2/c8-7(9)5-6-3-1-2-4-6/h1,3,6H,2,4-5H2,(H,8,9). The van der Waals surface area contributed by atoms with Crippen molar-refractivity contribution in [3.63, 3.8) is 0 Å². The third kappa shape index (κ3) is 1.88. The molecule has 2 heteroatoms. The third-order valence-electron chi connectivity index (χ3n) is 1.55. The summed E-state index contributed by atoms with van der Waals surface area (Å²) in [5.41, 5.74) is 0. The Bertz CT molecular complexity index is 138. The van der Waals surface area contributed by atoms with Crippen molar-refractivity contribution in [1.82, 2.24) is 0 Å². The molecule has 0 aromatic heterocycles. The van der Waals surface area contributed by atoms with Crippen LogP contribution in [-0.4, -0.2) is 11.1 Å². The molecular weight excluding hydrogens is 116 g/mol. The summed E-state index contributed by atoms with van der Waals surface area (Å²) >= 11 is 0. The van der Waals surface area contributed by atoms with Crippen LogP contribution < -0.4 is 0 Å². The Morgan fingerprint density at radius 3 is 3.00 bits per heavy atom. The van der Waals surface area contributed by atoms with Crippen molar-refractivity contribution in [2.24, 2.45) is 5.92 Å². The summed E-state index contributed by atoms with van der Waals surface area (Å²) in [6.45, 7) is 0. The Balaban J connectivity index is 2.28. The highest BCUT2D eigenvalue weighted by Crippen LogP contribution is 2.19. The highest BCUT2D eigenvalue weighted by Gasteiger charge is 2.11. The van der Waals surface area contributed by atoms with Crippen molar-refractivity contribution < 1.29 is 9.90 Å². The van der Waals surface area contributed by atoms with Gasteiger partial charge < -0.3 is 5.11 Å². The summed E-state index contributed by atoms with van der Waals surface area (Å²) in [7, 11) is 0. The van der Waals surface area contributed by atoms with Crippen LogP contribution in [0.1, 0.15) is 19.3 Å². The highest BCUT2D eigenvalue weighted by atomic mass is 16.4. The molecule has 0 amide bonds. The van der Waals surface area contributed by atoms with Gasteiger partial charge in [-0.05, 0) is 18.8 Å². The lowest BCUT2D eigenvalue weighted by Crippen LogP contribution is -2.01. The average molecular weight is 126 g/mol. The molecule has 0 aromatic rings. The average Bonchev–Trinajstić information content (AvgIpc) is 2.15. The second-order valence-electron chi connectivity index (χ2n) is 2.36. The van der Waals surface area contributed by atoms with E-state index in [0.717, 1.165) is 12.8 Å². The molecule has 2 nitrogen and oxygen atoms in total. The molecule has 9 heavy (non-hydrogen) atoms. The van der Waals surface area contributed by atoms with E-state index in [1.54, 1.807) is 0 Å². The van der Waals surface area contributed by atoms with Gasteiger partial charge in [-0.2, -0.15) is 0 Å². The second kappa shape index (κ2) is 2.67. The van der Waals surface area contributed by atoms with Crippen LogP contribution in [0.5, 0.6) is 0 Å². The molecular formula is C7H10O2. The zero-order valence-electron chi connectivity index (χ0n) is 5.21. The molecule has 1 N–H and O–H groups in total. The zero-order valence-corrected chi connectivity index (χ0v) is 5.21. The lowest BCUT2D eigenvalue weighted by atomic mass is 10.1. The molecule has 0 radical (unpaired) electrons. The van der Waals surface area contributed by atoms with E-state index in [1.807, 2.05) is 12.2 Å². The van der Waals surface area contributed by atoms with Crippen molar-refractivity contribution in [2.45, 2.75) is 19.3 Å². The van der Waals surface area contributed by atoms with Gasteiger partial charge >= 0.3 is 5.97 Å². The van der Waals surface area contributed by atoms with Crippen molar-refractivity contribution in [1.29, 1.82) is 0 Å². The summed E-state index contributed by atoms with van der Waals surface area (Å²) in [6, 6.07) is 0. The van der Waals surface area contributed by atoms with Crippen LogP contribution >= 0.6 is 0 Å². The molecule has 0 aromatic carbocycles. The molecule has 0 saturated carbocycles. The van der Waals surface area contributed by atoms with E-state index in [4.69, 9.17) is 5.11 Å². The largest absolute Gasteiger partial charge is 0.481 e. The maximum Gasteiger partial charge on any atom is 0.303 e. The molecule has 1 atom stereocenters. The minimum absolute atomic E-state index is 0.302. The van der Waals surface area contributed by atoms with Gasteiger partial charge in [-0.25, -0.2) is 0 Å². The molecule has 1 unspecified atom stereocenters. The molecule has 0 heterocycles. The molecule has 1 rings (SSSR count). The number of rotatable bonds is 2. The second-order valence-corrected chi connectivity index (χ2v) is 2.36. The fourth-order valence-electron chi connectivity index (χ4n) is 1.09. The minimum atomic E-state index is -0.688. The van der Waals surface area contributed by atoms with Crippen molar-refractivity contribution in [3.05, 3.63) is 12.2 Å².